The smallest absolute Gasteiger partial charge is 0.335 e. The molecular formula is C18H32O3. The fraction of sp³-hybridized carbons (Fsp3) is 0.833. The van der Waals surface area contributed by atoms with Crippen LogP contribution in [0.25, 0.3) is 0 Å². The number of epoxide rings is 1. The van der Waals surface area contributed by atoms with Gasteiger partial charge < -0.3 is 9.84 Å². The van der Waals surface area contributed by atoms with Crippen molar-refractivity contribution in [3.05, 3.63) is 12.2 Å². The maximum atomic E-state index is 10.6. The second-order valence-electron chi connectivity index (χ2n) is 6.10. The molecule has 0 bridgehead atoms. The number of aliphatic carboxylic acids is 1. The summed E-state index contributed by atoms with van der Waals surface area (Å²) in [5.41, 5.74) is 0. The van der Waals surface area contributed by atoms with Crippen LogP contribution in [0.2, 0.25) is 0 Å². The number of hydrogen-bond donors (Lipinski definition) is 1. The number of carboxylic acids is 1. The van der Waals surface area contributed by atoms with Crippen molar-refractivity contribution in [2.24, 2.45) is 0 Å². The third kappa shape index (κ3) is 9.67. The van der Waals surface area contributed by atoms with Crippen molar-refractivity contribution in [1.29, 1.82) is 0 Å². The highest BCUT2D eigenvalue weighted by Crippen LogP contribution is 2.27. The summed E-state index contributed by atoms with van der Waals surface area (Å²) in [6.45, 7) is 2.25. The molecule has 0 aromatic carbocycles. The average molecular weight is 296 g/mol. The lowest BCUT2D eigenvalue weighted by molar-refractivity contribution is -0.138. The Morgan fingerprint density at radius 3 is 2.10 bits per heavy atom. The van der Waals surface area contributed by atoms with E-state index in [0.717, 1.165) is 19.3 Å². The van der Waals surface area contributed by atoms with E-state index in [-0.39, 0.29) is 6.10 Å². The number of allylic oxidation sites excluding steroid dienone is 2. The Balaban J connectivity index is 1.76. The highest BCUT2D eigenvalue weighted by atomic mass is 16.6. The molecule has 1 N–H and O–H groups in total. The van der Waals surface area contributed by atoms with Gasteiger partial charge in [-0.1, -0.05) is 64.0 Å². The first-order valence-electron chi connectivity index (χ1n) is 8.79. The van der Waals surface area contributed by atoms with Crippen molar-refractivity contribution < 1.29 is 14.6 Å². The van der Waals surface area contributed by atoms with Gasteiger partial charge in [0.2, 0.25) is 0 Å². The zero-order valence-electron chi connectivity index (χ0n) is 13.6. The molecule has 0 radical (unpaired) electrons. The summed E-state index contributed by atoms with van der Waals surface area (Å²) in [6.07, 6.45) is 19.0. The molecule has 3 nitrogen and oxygen atoms in total. The highest BCUT2D eigenvalue weighted by Gasteiger charge is 2.44. The molecule has 1 rings (SSSR count). The van der Waals surface area contributed by atoms with Crippen molar-refractivity contribution in [3.63, 3.8) is 0 Å². The number of unbranched alkanes of at least 4 members (excludes halogenated alkanes) is 9. The predicted molar refractivity (Wildman–Crippen MR) is 86.5 cm³/mol. The van der Waals surface area contributed by atoms with Gasteiger partial charge in [0.25, 0.3) is 0 Å². The summed E-state index contributed by atoms with van der Waals surface area (Å²) in [5.74, 6) is -0.808. The van der Waals surface area contributed by atoms with Gasteiger partial charge in [-0.2, -0.15) is 0 Å². The van der Waals surface area contributed by atoms with Gasteiger partial charge in [0.1, 0.15) is 0 Å². The molecular weight excluding hydrogens is 264 g/mol. The maximum Gasteiger partial charge on any atom is 0.335 e. The van der Waals surface area contributed by atoms with Crippen LogP contribution in [0.4, 0.5) is 0 Å². The summed E-state index contributed by atoms with van der Waals surface area (Å²) in [7, 11) is 0. The molecule has 0 aromatic heterocycles. The molecule has 1 heterocycles. The van der Waals surface area contributed by atoms with Crippen LogP contribution in [-0.2, 0) is 9.53 Å². The minimum absolute atomic E-state index is 0.00856. The lowest BCUT2D eigenvalue weighted by Gasteiger charge is -1.98. The molecule has 2 unspecified atom stereocenters. The molecule has 0 aromatic rings. The van der Waals surface area contributed by atoms with Crippen LogP contribution < -0.4 is 0 Å². The Hall–Kier alpha value is -0.830. The van der Waals surface area contributed by atoms with E-state index in [1.165, 1.54) is 57.8 Å². The van der Waals surface area contributed by atoms with Gasteiger partial charge in [-0.25, -0.2) is 4.79 Å². The molecule has 1 aliphatic rings. The second-order valence-corrected chi connectivity index (χ2v) is 6.10. The Labute approximate surface area is 129 Å². The van der Waals surface area contributed by atoms with Gasteiger partial charge in [-0.05, 0) is 32.1 Å². The normalized spacial score (nSPS) is 21.0. The Kier molecular flexibility index (Phi) is 10.2. The first-order chi connectivity index (χ1) is 10.3. The molecule has 0 saturated carbocycles. The molecule has 1 aliphatic heterocycles. The van der Waals surface area contributed by atoms with Crippen molar-refractivity contribution in [2.45, 2.75) is 96.2 Å². The van der Waals surface area contributed by atoms with Gasteiger partial charge in [0.05, 0.1) is 6.10 Å². The number of carbonyl (C=O) groups is 1. The van der Waals surface area contributed by atoms with Crippen molar-refractivity contribution in [1.82, 2.24) is 0 Å². The van der Waals surface area contributed by atoms with Crippen molar-refractivity contribution in [3.8, 4) is 0 Å². The van der Waals surface area contributed by atoms with E-state index in [9.17, 15) is 4.79 Å². The van der Waals surface area contributed by atoms with Crippen LogP contribution in [0.5, 0.6) is 0 Å². The molecule has 0 amide bonds. The first-order valence-corrected chi connectivity index (χ1v) is 8.79. The minimum atomic E-state index is -0.808. The third-order valence-corrected chi connectivity index (χ3v) is 4.08. The minimum Gasteiger partial charge on any atom is -0.479 e. The molecule has 21 heavy (non-hydrogen) atoms. The first kappa shape index (κ1) is 18.2. The van der Waals surface area contributed by atoms with Crippen LogP contribution in [0.1, 0.15) is 84.0 Å². The fourth-order valence-electron chi connectivity index (χ4n) is 2.64. The van der Waals surface area contributed by atoms with Crippen LogP contribution in [-0.4, -0.2) is 23.3 Å². The maximum absolute atomic E-state index is 10.6. The average Bonchev–Trinajstić information content (AvgIpc) is 3.24. The molecule has 2 atom stereocenters. The van der Waals surface area contributed by atoms with Crippen molar-refractivity contribution in [2.75, 3.05) is 0 Å². The van der Waals surface area contributed by atoms with E-state index >= 15 is 0 Å². The third-order valence-electron chi connectivity index (χ3n) is 4.08. The molecule has 122 valence electrons. The summed E-state index contributed by atoms with van der Waals surface area (Å²) in [5, 5.41) is 8.69. The van der Waals surface area contributed by atoms with Crippen LogP contribution >= 0.6 is 0 Å². The summed E-state index contributed by atoms with van der Waals surface area (Å²) in [4.78, 5) is 10.6. The molecule has 1 fully saturated rings. The van der Waals surface area contributed by atoms with Crippen LogP contribution in [0.3, 0.4) is 0 Å². The van der Waals surface area contributed by atoms with E-state index in [1.807, 2.05) is 0 Å². The van der Waals surface area contributed by atoms with Gasteiger partial charge in [-0.15, -0.1) is 0 Å². The highest BCUT2D eigenvalue weighted by molar-refractivity contribution is 5.75. The fourth-order valence-corrected chi connectivity index (χ4v) is 2.64. The van der Waals surface area contributed by atoms with Gasteiger partial charge in [0.15, 0.2) is 6.10 Å². The largest absolute Gasteiger partial charge is 0.479 e. The second kappa shape index (κ2) is 11.8. The Morgan fingerprint density at radius 1 is 0.952 bits per heavy atom. The monoisotopic (exact) mass is 296 g/mol. The van der Waals surface area contributed by atoms with Crippen LogP contribution in [0, 0.1) is 0 Å². The SMILES string of the molecule is CCCCCCCCC=CCCCCCC1OC1C(=O)O. The molecule has 0 aliphatic carbocycles. The molecule has 1 saturated heterocycles. The number of carboxylic acid groups (broad SMARTS) is 1. The summed E-state index contributed by atoms with van der Waals surface area (Å²) in [6, 6.07) is 0. The summed E-state index contributed by atoms with van der Waals surface area (Å²) < 4.78 is 5.07. The Morgan fingerprint density at radius 2 is 1.52 bits per heavy atom. The zero-order valence-corrected chi connectivity index (χ0v) is 13.6. The summed E-state index contributed by atoms with van der Waals surface area (Å²) >= 11 is 0. The quantitative estimate of drug-likeness (QED) is 0.276. The van der Waals surface area contributed by atoms with E-state index < -0.39 is 12.1 Å². The lowest BCUT2D eigenvalue weighted by Crippen LogP contribution is -2.07. The number of ether oxygens (including phenoxy) is 1. The van der Waals surface area contributed by atoms with Gasteiger partial charge in [-0.3, -0.25) is 0 Å². The lowest BCUT2D eigenvalue weighted by atomic mass is 10.1. The van der Waals surface area contributed by atoms with E-state index in [2.05, 4.69) is 19.1 Å². The van der Waals surface area contributed by atoms with Crippen molar-refractivity contribution >= 4 is 5.97 Å². The van der Waals surface area contributed by atoms with Crippen LogP contribution in [0.15, 0.2) is 12.2 Å². The van der Waals surface area contributed by atoms with Gasteiger partial charge >= 0.3 is 5.97 Å². The standard InChI is InChI=1S/C18H32O3/c1-2-3-4-5-6-7-8-9-10-11-12-13-14-15-16-17(21-16)18(19)20/h9-10,16-17H,2-8,11-15H2,1H3,(H,19,20). The van der Waals surface area contributed by atoms with E-state index in [4.69, 9.17) is 9.84 Å². The number of hydrogen-bond acceptors (Lipinski definition) is 2. The van der Waals surface area contributed by atoms with Gasteiger partial charge in [0, 0.05) is 0 Å². The number of rotatable bonds is 14. The predicted octanol–water partition coefficient (Wildman–Crippen LogP) is 5.10. The van der Waals surface area contributed by atoms with E-state index in [0.29, 0.717) is 0 Å². The molecule has 3 heteroatoms. The Bertz CT molecular complexity index is 299. The van der Waals surface area contributed by atoms with E-state index in [1.54, 1.807) is 0 Å². The topological polar surface area (TPSA) is 49.8 Å². The molecule has 0 spiro atoms. The zero-order chi connectivity index (χ0) is 15.3.